The van der Waals surface area contributed by atoms with Crippen LogP contribution in [-0.2, 0) is 9.59 Å². The highest BCUT2D eigenvalue weighted by molar-refractivity contribution is 8.27. The van der Waals surface area contributed by atoms with Crippen molar-refractivity contribution in [1.29, 1.82) is 0 Å². The number of hydrogen-bond donors (Lipinski definition) is 0. The molecule has 0 saturated carbocycles. The molecule has 20 heavy (non-hydrogen) atoms. The van der Waals surface area contributed by atoms with E-state index in [1.54, 1.807) is 9.80 Å². The van der Waals surface area contributed by atoms with Gasteiger partial charge >= 0.3 is 0 Å². The minimum Gasteiger partial charge on any atom is -0.294 e. The number of thioether (sulfide) groups is 2. The van der Waals surface area contributed by atoms with Crippen LogP contribution in [0.15, 0.2) is 0 Å². The monoisotopic (exact) mass is 348 g/mol. The van der Waals surface area contributed by atoms with Gasteiger partial charge in [0.1, 0.15) is 19.1 Å². The van der Waals surface area contributed by atoms with Crippen molar-refractivity contribution in [3.8, 4) is 0 Å². The second-order valence-corrected chi connectivity index (χ2v) is 8.76. The van der Waals surface area contributed by atoms with Gasteiger partial charge in [0.15, 0.2) is 0 Å². The summed E-state index contributed by atoms with van der Waals surface area (Å²) >= 11 is 13.1. The predicted molar refractivity (Wildman–Crippen MR) is 91.9 cm³/mol. The van der Waals surface area contributed by atoms with Crippen LogP contribution in [0.25, 0.3) is 0 Å². The third-order valence-electron chi connectivity index (χ3n) is 3.12. The van der Waals surface area contributed by atoms with Crippen LogP contribution in [0.5, 0.6) is 0 Å². The molecule has 0 N–H and O–H groups in total. The number of amides is 2. The Balaban J connectivity index is 2.22. The van der Waals surface area contributed by atoms with E-state index >= 15 is 0 Å². The fraction of sp³-hybridized carbons (Fsp3) is 0.667. The minimum absolute atomic E-state index is 0.0159. The lowest BCUT2D eigenvalue weighted by atomic mass is 10.2. The first kappa shape index (κ1) is 16.2. The molecule has 2 atom stereocenters. The Labute approximate surface area is 138 Å². The van der Waals surface area contributed by atoms with Crippen LogP contribution in [0, 0.1) is 0 Å². The molecule has 0 aromatic rings. The molecule has 0 radical (unpaired) electrons. The predicted octanol–water partition coefficient (Wildman–Crippen LogP) is 2.26. The SMILES string of the molecule is CC(C)N1C(=O)C(C2SC(=S)N(C(C)C)C2=O)SC1=S. The van der Waals surface area contributed by atoms with Crippen molar-refractivity contribution in [2.24, 2.45) is 0 Å². The second kappa shape index (κ2) is 5.90. The van der Waals surface area contributed by atoms with Crippen LogP contribution in [0.3, 0.4) is 0 Å². The number of thiocarbonyl (C=S) groups is 2. The summed E-state index contributed by atoms with van der Waals surface area (Å²) in [6, 6.07) is 0.0318. The van der Waals surface area contributed by atoms with E-state index < -0.39 is 10.5 Å². The first-order valence-corrected chi connectivity index (χ1v) is 8.90. The Bertz CT molecular complexity index is 448. The summed E-state index contributed by atoms with van der Waals surface area (Å²) in [6.45, 7) is 7.67. The van der Waals surface area contributed by atoms with E-state index in [0.717, 1.165) is 0 Å². The van der Waals surface area contributed by atoms with Crippen molar-refractivity contribution < 1.29 is 9.59 Å². The van der Waals surface area contributed by atoms with E-state index in [-0.39, 0.29) is 23.9 Å². The first-order valence-electron chi connectivity index (χ1n) is 6.33. The quantitative estimate of drug-likeness (QED) is 0.729. The fourth-order valence-corrected chi connectivity index (χ4v) is 5.93. The highest BCUT2D eigenvalue weighted by Crippen LogP contribution is 2.41. The lowest BCUT2D eigenvalue weighted by molar-refractivity contribution is -0.132. The van der Waals surface area contributed by atoms with E-state index in [0.29, 0.717) is 8.64 Å². The molecular weight excluding hydrogens is 332 g/mol. The number of hydrogen-bond acceptors (Lipinski definition) is 6. The van der Waals surface area contributed by atoms with E-state index in [1.165, 1.54) is 23.5 Å². The molecule has 2 unspecified atom stereocenters. The van der Waals surface area contributed by atoms with Crippen molar-refractivity contribution in [2.45, 2.75) is 50.3 Å². The summed E-state index contributed by atoms with van der Waals surface area (Å²) in [5, 5.41) is -0.909. The second-order valence-electron chi connectivity index (χ2n) is 5.21. The smallest absolute Gasteiger partial charge is 0.243 e. The van der Waals surface area contributed by atoms with Gasteiger partial charge in [-0.15, -0.1) is 0 Å². The Kier molecular flexibility index (Phi) is 4.78. The van der Waals surface area contributed by atoms with Gasteiger partial charge in [-0.2, -0.15) is 0 Å². The molecule has 0 bridgehead atoms. The summed E-state index contributed by atoms with van der Waals surface area (Å²) in [7, 11) is 0. The lowest BCUT2D eigenvalue weighted by Gasteiger charge is -2.21. The Hall–Kier alpha value is -0.180. The molecule has 2 fully saturated rings. The minimum atomic E-state index is -0.455. The number of carbonyl (C=O) groups excluding carboxylic acids is 2. The summed E-state index contributed by atoms with van der Waals surface area (Å²) in [5.41, 5.74) is 0. The Morgan fingerprint density at radius 3 is 1.35 bits per heavy atom. The average Bonchev–Trinajstić information content (AvgIpc) is 2.76. The molecule has 8 heteroatoms. The highest BCUT2D eigenvalue weighted by atomic mass is 32.2. The van der Waals surface area contributed by atoms with Gasteiger partial charge in [-0.05, 0) is 27.7 Å². The van der Waals surface area contributed by atoms with Gasteiger partial charge in [-0.3, -0.25) is 19.4 Å². The van der Waals surface area contributed by atoms with Crippen molar-refractivity contribution in [1.82, 2.24) is 9.80 Å². The summed E-state index contributed by atoms with van der Waals surface area (Å²) in [5.74, 6) is -0.150. The standard InChI is InChI=1S/C12H16N2O2S4/c1-5(2)13-9(15)7(19-11(13)17)8-10(16)14(6(3)4)12(18)20-8/h5-8H,1-4H3. The highest BCUT2D eigenvalue weighted by Gasteiger charge is 2.51. The van der Waals surface area contributed by atoms with E-state index in [9.17, 15) is 9.59 Å². The van der Waals surface area contributed by atoms with Gasteiger partial charge in [0, 0.05) is 12.1 Å². The maximum Gasteiger partial charge on any atom is 0.243 e. The van der Waals surface area contributed by atoms with Crippen LogP contribution in [-0.4, -0.2) is 52.8 Å². The van der Waals surface area contributed by atoms with Crippen LogP contribution < -0.4 is 0 Å². The fourth-order valence-electron chi connectivity index (χ4n) is 2.20. The molecule has 4 nitrogen and oxygen atoms in total. The molecule has 0 aromatic carbocycles. The van der Waals surface area contributed by atoms with E-state index in [2.05, 4.69) is 0 Å². The summed E-state index contributed by atoms with van der Waals surface area (Å²) < 4.78 is 1.11. The third-order valence-corrected chi connectivity index (χ3v) is 6.51. The Morgan fingerprint density at radius 2 is 1.15 bits per heavy atom. The maximum atomic E-state index is 12.5. The molecule has 0 aromatic heterocycles. The average molecular weight is 349 g/mol. The van der Waals surface area contributed by atoms with Gasteiger partial charge in [0.05, 0.1) is 0 Å². The van der Waals surface area contributed by atoms with Gasteiger partial charge in [0.25, 0.3) is 0 Å². The van der Waals surface area contributed by atoms with Crippen molar-refractivity contribution in [3.05, 3.63) is 0 Å². The molecule has 0 spiro atoms. The van der Waals surface area contributed by atoms with Crippen LogP contribution >= 0.6 is 48.0 Å². The van der Waals surface area contributed by atoms with E-state index in [4.69, 9.17) is 24.4 Å². The van der Waals surface area contributed by atoms with Gasteiger partial charge in [-0.1, -0.05) is 48.0 Å². The topological polar surface area (TPSA) is 40.6 Å². The van der Waals surface area contributed by atoms with Crippen molar-refractivity contribution >= 4 is 68.4 Å². The molecule has 110 valence electrons. The van der Waals surface area contributed by atoms with Gasteiger partial charge < -0.3 is 0 Å². The van der Waals surface area contributed by atoms with Crippen LogP contribution in [0.1, 0.15) is 27.7 Å². The lowest BCUT2D eigenvalue weighted by Crippen LogP contribution is -2.43. The van der Waals surface area contributed by atoms with E-state index in [1.807, 2.05) is 27.7 Å². The van der Waals surface area contributed by atoms with Crippen molar-refractivity contribution in [3.63, 3.8) is 0 Å². The molecule has 2 aliphatic heterocycles. The van der Waals surface area contributed by atoms with Crippen molar-refractivity contribution in [2.75, 3.05) is 0 Å². The van der Waals surface area contributed by atoms with Gasteiger partial charge in [-0.25, -0.2) is 0 Å². The summed E-state index contributed by atoms with van der Waals surface area (Å²) in [4.78, 5) is 28.1. The zero-order valence-corrected chi connectivity index (χ0v) is 14.9. The zero-order valence-electron chi connectivity index (χ0n) is 11.7. The largest absolute Gasteiger partial charge is 0.294 e. The molecule has 2 saturated heterocycles. The third kappa shape index (κ3) is 2.63. The molecule has 2 amide bonds. The normalized spacial score (nSPS) is 27.7. The zero-order chi connectivity index (χ0) is 15.2. The molecule has 2 rings (SSSR count). The number of carbonyl (C=O) groups is 2. The molecular formula is C12H16N2O2S4. The maximum absolute atomic E-state index is 12.5. The molecule has 2 heterocycles. The van der Waals surface area contributed by atoms with Gasteiger partial charge in [0.2, 0.25) is 11.8 Å². The number of nitrogens with zero attached hydrogens (tertiary/aromatic N) is 2. The van der Waals surface area contributed by atoms with Crippen LogP contribution in [0.2, 0.25) is 0 Å². The van der Waals surface area contributed by atoms with Crippen LogP contribution in [0.4, 0.5) is 0 Å². The summed E-state index contributed by atoms with van der Waals surface area (Å²) in [6.07, 6.45) is 0. The molecule has 2 aliphatic rings. The first-order chi connectivity index (χ1) is 9.25. The Morgan fingerprint density at radius 1 is 0.850 bits per heavy atom. The molecule has 0 aliphatic carbocycles. The number of rotatable bonds is 3.